The Labute approximate surface area is 216 Å². The molecule has 4 N–H and O–H groups in total. The first kappa shape index (κ1) is 25.1. The Bertz CT molecular complexity index is 1390. The first-order valence-electron chi connectivity index (χ1n) is 10.8. The van der Waals surface area contributed by atoms with Crippen molar-refractivity contribution >= 4 is 52.3 Å². The van der Waals surface area contributed by atoms with E-state index in [9.17, 15) is 14.7 Å². The van der Waals surface area contributed by atoms with Gasteiger partial charge in [-0.1, -0.05) is 23.2 Å². The van der Waals surface area contributed by atoms with Crippen LogP contribution in [0, 0.1) is 0 Å². The molecule has 0 saturated carbocycles. The summed E-state index contributed by atoms with van der Waals surface area (Å²) in [6.07, 6.45) is 4.10. The first-order valence-corrected chi connectivity index (χ1v) is 11.5. The lowest BCUT2D eigenvalue weighted by Gasteiger charge is -2.10. The largest absolute Gasteiger partial charge is 0.392 e. The fourth-order valence-electron chi connectivity index (χ4n) is 3.17. The lowest BCUT2D eigenvalue weighted by atomic mass is 10.1. The van der Waals surface area contributed by atoms with E-state index in [2.05, 4.69) is 30.9 Å². The molecule has 0 aliphatic carbocycles. The molecule has 4 rings (SSSR count). The third-order valence-electron chi connectivity index (χ3n) is 4.87. The van der Waals surface area contributed by atoms with Crippen molar-refractivity contribution in [3.8, 4) is 5.82 Å². The van der Waals surface area contributed by atoms with Crippen molar-refractivity contribution in [1.29, 1.82) is 0 Å². The Hall–Kier alpha value is -3.99. The summed E-state index contributed by atoms with van der Waals surface area (Å²) in [6, 6.07) is 12.3. The van der Waals surface area contributed by atoms with Crippen LogP contribution in [0.4, 0.5) is 22.1 Å². The molecule has 12 heteroatoms. The highest BCUT2D eigenvalue weighted by Crippen LogP contribution is 2.25. The Morgan fingerprint density at radius 2 is 1.69 bits per heavy atom. The second kappa shape index (κ2) is 11.2. The molecule has 36 heavy (non-hydrogen) atoms. The maximum atomic E-state index is 13.1. The number of nitrogens with one attached hydrogen (secondary N) is 3. The van der Waals surface area contributed by atoms with Gasteiger partial charge in [0.25, 0.3) is 0 Å². The number of rotatable bonds is 8. The highest BCUT2D eigenvalue weighted by atomic mass is 35.5. The maximum absolute atomic E-state index is 13.1. The van der Waals surface area contributed by atoms with Crippen LogP contribution in [0.25, 0.3) is 5.82 Å². The van der Waals surface area contributed by atoms with E-state index in [1.54, 1.807) is 66.3 Å². The molecule has 0 spiro atoms. The Morgan fingerprint density at radius 1 is 0.972 bits per heavy atom. The van der Waals surface area contributed by atoms with Gasteiger partial charge >= 0.3 is 6.03 Å². The van der Waals surface area contributed by atoms with Crippen LogP contribution in [0.2, 0.25) is 10.0 Å². The molecule has 2 amide bonds. The van der Waals surface area contributed by atoms with Crippen molar-refractivity contribution in [2.45, 2.75) is 13.0 Å². The summed E-state index contributed by atoms with van der Waals surface area (Å²) in [6.45, 7) is 1.93. The van der Waals surface area contributed by atoms with E-state index in [1.165, 1.54) is 12.3 Å². The van der Waals surface area contributed by atoms with Gasteiger partial charge in [-0.05, 0) is 55.5 Å². The van der Waals surface area contributed by atoms with Crippen LogP contribution in [0.3, 0.4) is 0 Å². The number of halogens is 2. The number of benzene rings is 2. The zero-order valence-electron chi connectivity index (χ0n) is 18.9. The normalized spacial score (nSPS) is 11.6. The van der Waals surface area contributed by atoms with Gasteiger partial charge in [0.1, 0.15) is 5.82 Å². The summed E-state index contributed by atoms with van der Waals surface area (Å²) in [5.74, 6) is 0.587. The molecule has 0 saturated heterocycles. The van der Waals surface area contributed by atoms with Gasteiger partial charge in [0.2, 0.25) is 11.7 Å². The molecule has 0 fully saturated rings. The first-order chi connectivity index (χ1) is 17.3. The van der Waals surface area contributed by atoms with Gasteiger partial charge in [-0.3, -0.25) is 9.36 Å². The minimum Gasteiger partial charge on any atom is -0.392 e. The smallest absolute Gasteiger partial charge is 0.323 e. The monoisotopic (exact) mass is 525 g/mol. The number of ketones is 1. The summed E-state index contributed by atoms with van der Waals surface area (Å²) < 4.78 is 1.55. The molecule has 184 valence electrons. The summed E-state index contributed by atoms with van der Waals surface area (Å²) in [7, 11) is 0. The summed E-state index contributed by atoms with van der Waals surface area (Å²) >= 11 is 11.9. The maximum Gasteiger partial charge on any atom is 0.323 e. The van der Waals surface area contributed by atoms with Crippen molar-refractivity contribution in [3.05, 3.63) is 88.6 Å². The average Bonchev–Trinajstić information content (AvgIpc) is 3.35. The fraction of sp³-hybridized carbons (Fsp3) is 0.125. The van der Waals surface area contributed by atoms with Gasteiger partial charge in [-0.25, -0.2) is 14.8 Å². The van der Waals surface area contributed by atoms with Crippen LogP contribution in [0.15, 0.2) is 67.1 Å². The number of carbonyl (C=O) groups excluding carboxylic acids is 2. The van der Waals surface area contributed by atoms with Crippen LogP contribution in [-0.2, 0) is 0 Å². The SMILES string of the molecule is C[C@H](O)CNc1nccc(-n2ccnc2C(=O)c2ccc(NC(=O)Nc3ccc(Cl)c(Cl)c3)cc2)n1. The number of hydrogen-bond acceptors (Lipinski definition) is 7. The molecule has 0 unspecified atom stereocenters. The second-order valence-electron chi connectivity index (χ2n) is 7.70. The van der Waals surface area contributed by atoms with Gasteiger partial charge in [-0.2, -0.15) is 4.98 Å². The van der Waals surface area contributed by atoms with E-state index in [-0.39, 0.29) is 18.2 Å². The minimum atomic E-state index is -0.567. The van der Waals surface area contributed by atoms with Gasteiger partial charge in [-0.15, -0.1) is 0 Å². The molecular formula is C24H21Cl2N7O3. The third-order valence-corrected chi connectivity index (χ3v) is 5.61. The van der Waals surface area contributed by atoms with Crippen LogP contribution in [0.1, 0.15) is 23.1 Å². The molecule has 2 aromatic carbocycles. The summed E-state index contributed by atoms with van der Waals surface area (Å²) in [5, 5.41) is 18.4. The fourth-order valence-corrected chi connectivity index (χ4v) is 3.46. The number of carbonyl (C=O) groups is 2. The predicted octanol–water partition coefficient (Wildman–Crippen LogP) is 4.64. The van der Waals surface area contributed by atoms with Gasteiger partial charge in [0.15, 0.2) is 5.82 Å². The molecule has 2 heterocycles. The number of urea groups is 1. The average molecular weight is 526 g/mol. The molecule has 1 atom stereocenters. The molecule has 0 bridgehead atoms. The standard InChI is InChI=1S/C24H21Cl2N7O3/c1-14(34)13-29-23-28-9-8-20(32-23)33-11-10-27-22(33)21(35)15-2-4-16(5-3-15)30-24(36)31-17-6-7-18(25)19(26)12-17/h2-12,14,34H,13H2,1H3,(H,28,29,32)(H2,30,31,36)/t14-/m0/s1. The molecule has 0 radical (unpaired) electrons. The van der Waals surface area contributed by atoms with Crippen molar-refractivity contribution in [3.63, 3.8) is 0 Å². The molecule has 0 aliphatic rings. The van der Waals surface area contributed by atoms with Gasteiger partial charge < -0.3 is 21.1 Å². The number of aliphatic hydroxyl groups excluding tert-OH is 1. The zero-order chi connectivity index (χ0) is 25.7. The number of amides is 2. The zero-order valence-corrected chi connectivity index (χ0v) is 20.5. The number of aromatic nitrogens is 4. The highest BCUT2D eigenvalue weighted by molar-refractivity contribution is 6.42. The van der Waals surface area contributed by atoms with Crippen molar-refractivity contribution in [2.24, 2.45) is 0 Å². The van der Waals surface area contributed by atoms with E-state index in [0.717, 1.165) is 0 Å². The quantitative estimate of drug-likeness (QED) is 0.246. The topological polar surface area (TPSA) is 134 Å². The molecule has 10 nitrogen and oxygen atoms in total. The van der Waals surface area contributed by atoms with Crippen molar-refractivity contribution in [2.75, 3.05) is 22.5 Å². The number of hydrogen-bond donors (Lipinski definition) is 4. The molecular weight excluding hydrogens is 505 g/mol. The Kier molecular flexibility index (Phi) is 7.79. The number of aliphatic hydroxyl groups is 1. The van der Waals surface area contributed by atoms with Crippen LogP contribution in [0.5, 0.6) is 0 Å². The van der Waals surface area contributed by atoms with E-state index >= 15 is 0 Å². The van der Waals surface area contributed by atoms with Gasteiger partial charge in [0, 0.05) is 42.1 Å². The third kappa shape index (κ3) is 6.16. The molecule has 0 aliphatic heterocycles. The molecule has 4 aromatic rings. The summed E-state index contributed by atoms with van der Waals surface area (Å²) in [4.78, 5) is 38.1. The predicted molar refractivity (Wildman–Crippen MR) is 138 cm³/mol. The van der Waals surface area contributed by atoms with Crippen LogP contribution < -0.4 is 16.0 Å². The van der Waals surface area contributed by atoms with E-state index in [1.807, 2.05) is 0 Å². The number of anilines is 3. The van der Waals surface area contributed by atoms with Crippen molar-refractivity contribution < 1.29 is 14.7 Å². The minimum absolute atomic E-state index is 0.160. The Morgan fingerprint density at radius 3 is 2.42 bits per heavy atom. The Balaban J connectivity index is 1.44. The highest BCUT2D eigenvalue weighted by Gasteiger charge is 2.17. The lowest BCUT2D eigenvalue weighted by molar-refractivity contribution is 0.102. The van der Waals surface area contributed by atoms with Crippen LogP contribution >= 0.6 is 23.2 Å². The van der Waals surface area contributed by atoms with Crippen molar-refractivity contribution in [1.82, 2.24) is 19.5 Å². The number of imidazole rings is 1. The van der Waals surface area contributed by atoms with E-state index in [4.69, 9.17) is 23.2 Å². The lowest BCUT2D eigenvalue weighted by Crippen LogP contribution is -2.19. The molecule has 2 aromatic heterocycles. The van der Waals surface area contributed by atoms with E-state index < -0.39 is 12.1 Å². The summed E-state index contributed by atoms with van der Waals surface area (Å²) in [5.41, 5.74) is 1.34. The van der Waals surface area contributed by atoms with Gasteiger partial charge in [0.05, 0.1) is 16.1 Å². The van der Waals surface area contributed by atoms with Crippen LogP contribution in [-0.4, -0.2) is 49.1 Å². The van der Waals surface area contributed by atoms with E-state index in [0.29, 0.717) is 38.7 Å². The number of nitrogens with zero attached hydrogens (tertiary/aromatic N) is 4. The second-order valence-corrected chi connectivity index (χ2v) is 8.52.